The van der Waals surface area contributed by atoms with Crippen LogP contribution in [0, 0.1) is 11.8 Å². The number of methoxy groups -OCH3 is 1. The number of ketones is 2. The van der Waals surface area contributed by atoms with Gasteiger partial charge < -0.3 is 29.5 Å². The number of rotatable bonds is 10. The van der Waals surface area contributed by atoms with E-state index in [4.69, 9.17) is 14.2 Å². The molecule has 9 nitrogen and oxygen atoms in total. The molecule has 6 atom stereocenters. The van der Waals surface area contributed by atoms with Crippen LogP contribution in [0.25, 0.3) is 0 Å². The van der Waals surface area contributed by atoms with Crippen molar-refractivity contribution in [1.29, 1.82) is 0 Å². The van der Waals surface area contributed by atoms with Crippen LogP contribution in [0.2, 0.25) is 0 Å². The summed E-state index contributed by atoms with van der Waals surface area (Å²) in [5.74, 6) is -2.94. The average Bonchev–Trinajstić information content (AvgIpc) is 3.53. The van der Waals surface area contributed by atoms with E-state index in [9.17, 15) is 29.7 Å². The van der Waals surface area contributed by atoms with Gasteiger partial charge in [-0.1, -0.05) is 34.1 Å². The molecule has 2 saturated heterocycles. The van der Waals surface area contributed by atoms with Gasteiger partial charge in [0.1, 0.15) is 17.6 Å². The highest BCUT2D eigenvalue weighted by Gasteiger charge is 2.69. The molecular weight excluding hydrogens is 444 g/mol. The Hall–Kier alpha value is -2.33. The Morgan fingerprint density at radius 1 is 1.29 bits per heavy atom. The Balaban J connectivity index is 2.00. The second-order valence-electron chi connectivity index (χ2n) is 9.36. The number of aromatic hydroxyl groups is 2. The second-order valence-corrected chi connectivity index (χ2v) is 9.36. The van der Waals surface area contributed by atoms with Gasteiger partial charge in [0.05, 0.1) is 23.3 Å². The molecule has 188 valence electrons. The number of phenols is 2. The molecule has 3 rings (SSSR count). The molecule has 0 saturated carbocycles. The lowest BCUT2D eigenvalue weighted by molar-refractivity contribution is -0.206. The lowest BCUT2D eigenvalue weighted by atomic mass is 9.80. The molecule has 2 fully saturated rings. The van der Waals surface area contributed by atoms with Crippen molar-refractivity contribution >= 4 is 17.9 Å². The molecule has 0 amide bonds. The number of hydrogen-bond donors (Lipinski definition) is 3. The van der Waals surface area contributed by atoms with E-state index in [2.05, 4.69) is 0 Å². The zero-order valence-corrected chi connectivity index (χ0v) is 20.2. The van der Waals surface area contributed by atoms with Gasteiger partial charge >= 0.3 is 0 Å². The van der Waals surface area contributed by atoms with Crippen LogP contribution in [0.3, 0.4) is 0 Å². The van der Waals surface area contributed by atoms with Crippen LogP contribution in [0.5, 0.6) is 11.5 Å². The minimum atomic E-state index is -1.50. The van der Waals surface area contributed by atoms with Gasteiger partial charge in [-0.15, -0.1) is 0 Å². The quantitative estimate of drug-likeness (QED) is 0.263. The fourth-order valence-corrected chi connectivity index (χ4v) is 5.06. The molecule has 0 bridgehead atoms. The van der Waals surface area contributed by atoms with Crippen LogP contribution in [0.1, 0.15) is 85.8 Å². The van der Waals surface area contributed by atoms with Crippen molar-refractivity contribution in [2.75, 3.05) is 7.11 Å². The summed E-state index contributed by atoms with van der Waals surface area (Å²) >= 11 is 0. The molecule has 1 aromatic rings. The lowest BCUT2D eigenvalue weighted by Gasteiger charge is -2.35. The summed E-state index contributed by atoms with van der Waals surface area (Å²) in [6.45, 7) is 7.41. The maximum absolute atomic E-state index is 13.7. The number of carbonyl (C=O) groups excluding carboxylic acids is 3. The molecule has 1 aromatic carbocycles. The van der Waals surface area contributed by atoms with Gasteiger partial charge in [-0.3, -0.25) is 14.4 Å². The van der Waals surface area contributed by atoms with Crippen LogP contribution >= 0.6 is 0 Å². The number of carbonyl (C=O) groups is 3. The normalized spacial score (nSPS) is 28.2. The number of phenolic OH excluding ortho intramolecular Hbond substituents is 2. The molecule has 1 spiro atoms. The average molecular weight is 479 g/mol. The van der Waals surface area contributed by atoms with Crippen molar-refractivity contribution in [3.63, 3.8) is 0 Å². The van der Waals surface area contributed by atoms with E-state index in [-0.39, 0.29) is 35.5 Å². The van der Waals surface area contributed by atoms with Crippen molar-refractivity contribution < 1.29 is 43.9 Å². The third-order valence-electron chi connectivity index (χ3n) is 6.90. The number of ether oxygens (including phenoxy) is 3. The molecule has 2 heterocycles. The summed E-state index contributed by atoms with van der Waals surface area (Å²) in [6, 6.07) is 1.33. The van der Waals surface area contributed by atoms with Crippen molar-refractivity contribution in [1.82, 2.24) is 0 Å². The van der Waals surface area contributed by atoms with E-state index in [1.54, 1.807) is 0 Å². The molecular formula is C25H34O9. The first kappa shape index (κ1) is 26.3. The van der Waals surface area contributed by atoms with Gasteiger partial charge in [0.15, 0.2) is 24.1 Å². The minimum absolute atomic E-state index is 0.106. The van der Waals surface area contributed by atoms with Crippen molar-refractivity contribution in [2.24, 2.45) is 11.8 Å². The number of hydrogen-bond acceptors (Lipinski definition) is 9. The summed E-state index contributed by atoms with van der Waals surface area (Å²) in [5, 5.41) is 31.9. The Bertz CT molecular complexity index is 956. The van der Waals surface area contributed by atoms with Gasteiger partial charge in [0, 0.05) is 25.0 Å². The minimum Gasteiger partial charge on any atom is -0.507 e. The van der Waals surface area contributed by atoms with Crippen LogP contribution in [-0.4, -0.2) is 64.4 Å². The third-order valence-corrected chi connectivity index (χ3v) is 6.90. The highest BCUT2D eigenvalue weighted by atomic mass is 16.7. The van der Waals surface area contributed by atoms with E-state index < -0.39 is 59.0 Å². The van der Waals surface area contributed by atoms with E-state index >= 15 is 0 Å². The number of benzene rings is 1. The number of aliphatic hydroxyl groups excluding tert-OH is 1. The number of aldehydes is 1. The van der Waals surface area contributed by atoms with E-state index in [0.29, 0.717) is 19.3 Å². The first-order valence-corrected chi connectivity index (χ1v) is 11.7. The molecule has 6 unspecified atom stereocenters. The Morgan fingerprint density at radius 3 is 2.44 bits per heavy atom. The zero-order chi connectivity index (χ0) is 25.4. The van der Waals surface area contributed by atoms with Gasteiger partial charge in [0.25, 0.3) is 0 Å². The first-order valence-electron chi connectivity index (χ1n) is 11.7. The molecule has 0 aromatic heterocycles. The Kier molecular flexibility index (Phi) is 7.82. The monoisotopic (exact) mass is 478 g/mol. The van der Waals surface area contributed by atoms with Gasteiger partial charge in [-0.2, -0.15) is 0 Å². The highest BCUT2D eigenvalue weighted by Crippen LogP contribution is 2.48. The smallest absolute Gasteiger partial charge is 0.203 e. The molecule has 2 aliphatic heterocycles. The maximum atomic E-state index is 13.7. The molecule has 34 heavy (non-hydrogen) atoms. The first-order chi connectivity index (χ1) is 16.1. The van der Waals surface area contributed by atoms with E-state index in [0.717, 1.165) is 0 Å². The van der Waals surface area contributed by atoms with E-state index in [1.165, 1.54) is 13.2 Å². The van der Waals surface area contributed by atoms with Gasteiger partial charge in [-0.05, 0) is 24.8 Å². The summed E-state index contributed by atoms with van der Waals surface area (Å²) in [6.07, 6.45) is -1.88. The maximum Gasteiger partial charge on any atom is 0.203 e. The van der Waals surface area contributed by atoms with Gasteiger partial charge in [-0.25, -0.2) is 0 Å². The second kappa shape index (κ2) is 10.1. The fourth-order valence-electron chi connectivity index (χ4n) is 5.06. The summed E-state index contributed by atoms with van der Waals surface area (Å²) < 4.78 is 16.7. The van der Waals surface area contributed by atoms with Crippen molar-refractivity contribution in [3.8, 4) is 11.5 Å². The molecule has 0 radical (unpaired) electrons. The SMILES string of the molecule is CCCC(C(=O)c1cc(C(OC)C(C)C)c(O)c(C=O)c1O)C1CC(=O)C2(OC2CC)C(O)O1. The summed E-state index contributed by atoms with van der Waals surface area (Å²) in [5.41, 5.74) is -1.74. The highest BCUT2D eigenvalue weighted by molar-refractivity contribution is 6.04. The van der Waals surface area contributed by atoms with Gasteiger partial charge in [0.2, 0.25) is 5.60 Å². The third kappa shape index (κ3) is 4.26. The van der Waals surface area contributed by atoms with Crippen LogP contribution in [-0.2, 0) is 19.0 Å². The number of aliphatic hydroxyl groups is 1. The summed E-state index contributed by atoms with van der Waals surface area (Å²) in [7, 11) is 1.45. The molecule has 3 N–H and O–H groups in total. The lowest BCUT2D eigenvalue weighted by Crippen LogP contribution is -2.52. The zero-order valence-electron chi connectivity index (χ0n) is 20.2. The number of Topliss-reactive ketones (excluding diaryl/α,β-unsaturated/α-hetero) is 2. The van der Waals surface area contributed by atoms with Crippen LogP contribution in [0.15, 0.2) is 6.07 Å². The topological polar surface area (TPSA) is 143 Å². The standard InChI is InChI=1S/C25H34O9/c1-6-8-13(17-10-18(27)25(24(31)33-17)19(7-2)34-25)20(28)14-9-15(23(32-5)12(3)4)22(30)16(11-26)21(14)29/h9,11-13,17,19,23-24,29-31H,6-8,10H2,1-5H3. The van der Waals surface area contributed by atoms with Crippen LogP contribution < -0.4 is 0 Å². The summed E-state index contributed by atoms with van der Waals surface area (Å²) in [4.78, 5) is 38.2. The molecule has 0 aliphatic carbocycles. The molecule has 2 aliphatic rings. The predicted octanol–water partition coefficient (Wildman–Crippen LogP) is 3.08. The largest absolute Gasteiger partial charge is 0.507 e. The van der Waals surface area contributed by atoms with Crippen molar-refractivity contribution in [3.05, 3.63) is 22.8 Å². The van der Waals surface area contributed by atoms with E-state index in [1.807, 2.05) is 27.7 Å². The van der Waals surface area contributed by atoms with Crippen molar-refractivity contribution in [2.45, 2.75) is 83.6 Å². The Labute approximate surface area is 199 Å². The molecule has 9 heteroatoms. The van der Waals surface area contributed by atoms with Crippen LogP contribution in [0.4, 0.5) is 0 Å². The fraction of sp³-hybridized carbons (Fsp3) is 0.640. The number of epoxide rings is 1. The Morgan fingerprint density at radius 2 is 1.97 bits per heavy atom. The predicted molar refractivity (Wildman–Crippen MR) is 121 cm³/mol.